The molecule has 1 heterocycles. The summed E-state index contributed by atoms with van der Waals surface area (Å²) < 4.78 is 67.9. The van der Waals surface area contributed by atoms with Gasteiger partial charge in [-0.05, 0) is 13.8 Å². The number of hydrogen-bond donors (Lipinski definition) is 4. The van der Waals surface area contributed by atoms with Crippen molar-refractivity contribution in [1.29, 1.82) is 0 Å². The van der Waals surface area contributed by atoms with Crippen LogP contribution in [0.4, 0.5) is 26.3 Å². The molecule has 0 fully saturated rings. The van der Waals surface area contributed by atoms with Crippen molar-refractivity contribution in [3.05, 3.63) is 0 Å². The van der Waals surface area contributed by atoms with Crippen molar-refractivity contribution in [3.8, 4) is 0 Å². The van der Waals surface area contributed by atoms with Gasteiger partial charge < -0.3 is 35.0 Å². The molecule has 0 aromatic rings. The number of ether oxygens (including phenoxy) is 1. The molecule has 4 N–H and O–H groups in total. The van der Waals surface area contributed by atoms with Crippen LogP contribution in [0, 0.1) is 5.41 Å². The fourth-order valence-corrected chi connectivity index (χ4v) is 4.10. The molecule has 0 unspecified atom stereocenters. The smallest absolute Gasteiger partial charge is 0.430 e. The van der Waals surface area contributed by atoms with Crippen LogP contribution in [0.3, 0.4) is 0 Å². The lowest BCUT2D eigenvalue weighted by Crippen LogP contribution is -2.92. The van der Waals surface area contributed by atoms with E-state index in [4.69, 9.17) is 24.5 Å². The number of carbonyl (C=O) groups excluding carboxylic acids is 3. The molecule has 0 aliphatic carbocycles. The number of nitrogens with two attached hydrogens (primary N) is 1. The van der Waals surface area contributed by atoms with Crippen molar-refractivity contribution < 1.29 is 71.1 Å². The second-order valence-electron chi connectivity index (χ2n) is 7.48. The van der Waals surface area contributed by atoms with E-state index in [1.54, 1.807) is 11.8 Å². The highest BCUT2D eigenvalue weighted by Crippen LogP contribution is 2.32. The second-order valence-corrected chi connectivity index (χ2v) is 8.83. The Hall–Kier alpha value is -1.72. The molecule has 0 aromatic carbocycles. The minimum Gasteiger partial charge on any atom is -0.542 e. The summed E-state index contributed by atoms with van der Waals surface area (Å²) in [5, 5.41) is 31.1. The summed E-state index contributed by atoms with van der Waals surface area (Å²) in [5.41, 5.74) is -1.19. The number of aliphatic hydroxyl groups is 1. The number of likely N-dealkylation sites (N-methyl/N-ethyl adjacent to an activating group) is 1. The van der Waals surface area contributed by atoms with E-state index in [-0.39, 0.29) is 12.0 Å². The fourth-order valence-electron chi connectivity index (χ4n) is 2.28. The van der Waals surface area contributed by atoms with Crippen LogP contribution in [-0.2, 0) is 19.1 Å². The molecule has 0 spiro atoms. The van der Waals surface area contributed by atoms with Crippen LogP contribution in [0.1, 0.15) is 20.8 Å². The zero-order valence-corrected chi connectivity index (χ0v) is 20.4. The zero-order valence-electron chi connectivity index (χ0n) is 18.7. The Morgan fingerprint density at radius 2 is 1.56 bits per heavy atom. The number of aliphatic hydroxyl groups excluding tert-OH is 1. The van der Waals surface area contributed by atoms with Crippen LogP contribution in [0.15, 0.2) is 0 Å². The molecule has 1 rings (SSSR count). The number of hydrogen-bond acceptors (Lipinski definition) is 9. The van der Waals surface area contributed by atoms with Crippen molar-refractivity contribution in [2.75, 3.05) is 25.7 Å². The monoisotopic (exact) mass is 548 g/mol. The molecular weight excluding hydrogens is 522 g/mol. The number of aliphatic carboxylic acids is 2. The number of rotatable bonds is 6. The van der Waals surface area contributed by atoms with Crippen LogP contribution in [-0.4, -0.2) is 83.8 Å². The van der Waals surface area contributed by atoms with Gasteiger partial charge in [-0.25, -0.2) is 9.79 Å². The largest absolute Gasteiger partial charge is 0.542 e. The van der Waals surface area contributed by atoms with Gasteiger partial charge in [-0.3, -0.25) is 0 Å². The van der Waals surface area contributed by atoms with Gasteiger partial charge in [0.2, 0.25) is 5.04 Å². The number of carbonyl (C=O) groups is 3. The normalized spacial score (nSPS) is 20.0. The molecule has 0 radical (unpaired) electrons. The Kier molecular flexibility index (Phi) is 13.6. The maximum absolute atomic E-state index is 11.8. The van der Waals surface area contributed by atoms with E-state index in [1.165, 1.54) is 7.11 Å². The number of nitrogens with one attached hydrogen (secondary N) is 1. The average molecular weight is 549 g/mol. The molecule has 1 aliphatic heterocycles. The van der Waals surface area contributed by atoms with Crippen molar-refractivity contribution in [2.45, 2.75) is 50.8 Å². The first-order valence-corrected chi connectivity index (χ1v) is 10.7. The standard InChI is InChI=1S/C13H24N2O3S2.2C2HF3O2/c1-12(2,9(16)8(6-19)14-4)10-15-13(3,7-20-10)11(17)18-5;2*3-2(4,5)1(6)7/h8-9,14,16,19H,6-7H2,1-5H3;2*(H,6,7)/t8-,9+,13+;;/m0../s1. The summed E-state index contributed by atoms with van der Waals surface area (Å²) in [6.45, 7) is 5.79. The van der Waals surface area contributed by atoms with Crippen LogP contribution < -0.4 is 20.5 Å². The summed E-state index contributed by atoms with van der Waals surface area (Å²) in [6.07, 6.45) is -10.9. The van der Waals surface area contributed by atoms with Crippen LogP contribution in [0.2, 0.25) is 0 Å². The molecule has 9 nitrogen and oxygen atoms in total. The molecule has 0 aromatic heterocycles. The van der Waals surface area contributed by atoms with Crippen molar-refractivity contribution in [2.24, 2.45) is 5.41 Å². The number of alkyl halides is 6. The lowest BCUT2D eigenvalue weighted by atomic mass is 9.83. The highest BCUT2D eigenvalue weighted by molar-refractivity contribution is 8.14. The maximum atomic E-state index is 11.8. The van der Waals surface area contributed by atoms with E-state index in [0.29, 0.717) is 11.5 Å². The van der Waals surface area contributed by atoms with Gasteiger partial charge in [-0.1, -0.05) is 11.8 Å². The van der Waals surface area contributed by atoms with E-state index >= 15 is 0 Å². The first-order chi connectivity index (χ1) is 15.1. The number of quaternary nitrogens is 1. The summed E-state index contributed by atoms with van der Waals surface area (Å²) >= 11 is 5.86. The number of carboxylic acid groups (broad SMARTS) is 2. The molecule has 0 bridgehead atoms. The highest BCUT2D eigenvalue weighted by Gasteiger charge is 2.53. The van der Waals surface area contributed by atoms with Gasteiger partial charge in [0, 0.05) is 12.7 Å². The zero-order chi connectivity index (χ0) is 27.7. The minimum absolute atomic E-state index is 0.00761. The second kappa shape index (κ2) is 13.4. The molecule has 200 valence electrons. The molecule has 0 amide bonds. The molecule has 17 heteroatoms. The van der Waals surface area contributed by atoms with Crippen LogP contribution in [0.25, 0.3) is 0 Å². The molecule has 34 heavy (non-hydrogen) atoms. The molecule has 3 atom stereocenters. The van der Waals surface area contributed by atoms with Gasteiger partial charge in [0.15, 0.2) is 0 Å². The number of thioether (sulfide) groups is 1. The predicted octanol–water partition coefficient (Wildman–Crippen LogP) is -3.38. The van der Waals surface area contributed by atoms with Crippen molar-refractivity contribution in [1.82, 2.24) is 0 Å². The quantitative estimate of drug-likeness (QED) is 0.152. The number of halogens is 6. The Morgan fingerprint density at radius 1 is 1.18 bits per heavy atom. The number of carboxylic acids is 2. The lowest BCUT2D eigenvalue weighted by Gasteiger charge is -2.30. The van der Waals surface area contributed by atoms with Crippen molar-refractivity contribution >= 4 is 47.3 Å². The maximum Gasteiger partial charge on any atom is 0.430 e. The average Bonchev–Trinajstić information content (AvgIpc) is 3.12. The minimum atomic E-state index is -5.19. The first kappa shape index (κ1) is 34.4. The summed E-state index contributed by atoms with van der Waals surface area (Å²) in [6, 6.07) is 0.00761. The van der Waals surface area contributed by atoms with Gasteiger partial charge in [0.25, 0.3) is 5.54 Å². The Morgan fingerprint density at radius 3 is 1.82 bits per heavy atom. The topological polar surface area (TPSA) is 157 Å². The number of esters is 1. The van der Waals surface area contributed by atoms with E-state index in [2.05, 4.69) is 17.6 Å². The van der Waals surface area contributed by atoms with Crippen LogP contribution in [0.5, 0.6) is 0 Å². The Bertz CT molecular complexity index is 719. The van der Waals surface area contributed by atoms with E-state index in [9.17, 15) is 36.2 Å². The molecule has 0 saturated carbocycles. The van der Waals surface area contributed by atoms with E-state index in [1.807, 2.05) is 33.1 Å². The number of methoxy groups -OCH3 is 1. The van der Waals surface area contributed by atoms with Crippen LogP contribution >= 0.6 is 24.4 Å². The summed E-state index contributed by atoms with van der Waals surface area (Å²) in [7, 11) is 3.32. The Balaban J connectivity index is 0. The third-order valence-electron chi connectivity index (χ3n) is 4.36. The SMILES string of the molecule is C[NH2+][C@@H](CS)[C@@H](O)C(C)(C)C1=[NH+][C@@](C)(C(=O)OC)CS1.O=C([O-])C(F)(F)F.O=C([O-])C(F)(F)F. The van der Waals surface area contributed by atoms with Gasteiger partial charge in [0.1, 0.15) is 24.1 Å². The molecule has 0 saturated heterocycles. The molecule has 1 aliphatic rings. The van der Waals surface area contributed by atoms with Gasteiger partial charge >= 0.3 is 18.3 Å². The third kappa shape index (κ3) is 10.7. The fraction of sp³-hybridized carbons (Fsp3) is 0.765. The lowest BCUT2D eigenvalue weighted by molar-refractivity contribution is -0.668. The van der Waals surface area contributed by atoms with Gasteiger partial charge in [-0.15, -0.1) is 0 Å². The summed E-state index contributed by atoms with van der Waals surface area (Å²) in [5.74, 6) is -5.10. The first-order valence-electron chi connectivity index (χ1n) is 9.13. The highest BCUT2D eigenvalue weighted by atomic mass is 32.2. The van der Waals surface area contributed by atoms with Gasteiger partial charge in [-0.2, -0.15) is 39.0 Å². The third-order valence-corrected chi connectivity index (χ3v) is 6.42. The van der Waals surface area contributed by atoms with E-state index in [0.717, 1.165) is 5.04 Å². The predicted molar refractivity (Wildman–Crippen MR) is 106 cm³/mol. The van der Waals surface area contributed by atoms with Gasteiger partial charge in [0.05, 0.1) is 25.3 Å². The number of thiol groups is 1. The molecular formula is C17H26F6N2O7S2. The Labute approximate surface area is 200 Å². The van der Waals surface area contributed by atoms with E-state index < -0.39 is 41.3 Å². The summed E-state index contributed by atoms with van der Waals surface area (Å²) in [4.78, 5) is 32.7. The van der Waals surface area contributed by atoms with Crippen molar-refractivity contribution in [3.63, 3.8) is 0 Å².